The normalized spacial score (nSPS) is 22.5. The van der Waals surface area contributed by atoms with Gasteiger partial charge in [-0.3, -0.25) is 4.79 Å². The molecule has 2 aromatic rings. The molecule has 0 saturated heterocycles. The van der Waals surface area contributed by atoms with E-state index in [1.807, 2.05) is 6.07 Å². The predicted octanol–water partition coefficient (Wildman–Crippen LogP) is 3.56. The standard InChI is InChI=1S/C19H16N2O3S/c20-10-14-12-6-2-4-8-16(12)25-18(14)21-17(22)13-9-11-5-1-3-7-15(11)24-19(13)23/h1,3,5,7,9,14,18H,2,4,6,8H2,(H,21,22)/t14-,18-/m0/s1. The van der Waals surface area contributed by atoms with Crippen LogP contribution in [0.15, 0.2) is 50.0 Å². The van der Waals surface area contributed by atoms with E-state index in [0.717, 1.165) is 31.3 Å². The summed E-state index contributed by atoms with van der Waals surface area (Å²) in [4.78, 5) is 26.0. The molecule has 1 aliphatic carbocycles. The van der Waals surface area contributed by atoms with Crippen LogP contribution in [0.25, 0.3) is 11.0 Å². The fraction of sp³-hybridized carbons (Fsp3) is 0.316. The Morgan fingerprint density at radius 2 is 2.08 bits per heavy atom. The van der Waals surface area contributed by atoms with Crippen molar-refractivity contribution < 1.29 is 9.21 Å². The lowest BCUT2D eigenvalue weighted by Crippen LogP contribution is -2.38. The van der Waals surface area contributed by atoms with Crippen molar-refractivity contribution in [2.75, 3.05) is 0 Å². The van der Waals surface area contributed by atoms with Crippen molar-refractivity contribution in [3.63, 3.8) is 0 Å². The Morgan fingerprint density at radius 3 is 2.92 bits per heavy atom. The first-order valence-corrected chi connectivity index (χ1v) is 9.17. The second-order valence-electron chi connectivity index (χ2n) is 6.26. The van der Waals surface area contributed by atoms with Crippen LogP contribution in [0.2, 0.25) is 0 Å². The van der Waals surface area contributed by atoms with Gasteiger partial charge in [0.2, 0.25) is 0 Å². The third kappa shape index (κ3) is 2.85. The number of para-hydroxylation sites is 1. The number of nitrogens with zero attached hydrogens (tertiary/aromatic N) is 1. The highest BCUT2D eigenvalue weighted by atomic mass is 32.2. The third-order valence-electron chi connectivity index (χ3n) is 4.70. The lowest BCUT2D eigenvalue weighted by molar-refractivity contribution is 0.0943. The minimum absolute atomic E-state index is 0.0270. The smallest absolute Gasteiger partial charge is 0.349 e. The first-order valence-electron chi connectivity index (χ1n) is 8.29. The summed E-state index contributed by atoms with van der Waals surface area (Å²) < 4.78 is 5.23. The highest BCUT2D eigenvalue weighted by Crippen LogP contribution is 2.47. The van der Waals surface area contributed by atoms with E-state index in [0.29, 0.717) is 11.0 Å². The molecule has 0 fully saturated rings. The molecule has 2 aliphatic rings. The van der Waals surface area contributed by atoms with E-state index in [1.165, 1.54) is 4.91 Å². The van der Waals surface area contributed by atoms with E-state index in [1.54, 1.807) is 36.0 Å². The average Bonchev–Trinajstić information content (AvgIpc) is 2.97. The van der Waals surface area contributed by atoms with E-state index < -0.39 is 11.5 Å². The van der Waals surface area contributed by atoms with Crippen LogP contribution in [0.1, 0.15) is 36.0 Å². The van der Waals surface area contributed by atoms with Gasteiger partial charge in [0.25, 0.3) is 5.91 Å². The lowest BCUT2D eigenvalue weighted by atomic mass is 9.90. The van der Waals surface area contributed by atoms with Crippen molar-refractivity contribution in [1.29, 1.82) is 5.26 Å². The average molecular weight is 352 g/mol. The van der Waals surface area contributed by atoms with E-state index in [-0.39, 0.29) is 16.9 Å². The number of nitriles is 1. The summed E-state index contributed by atoms with van der Waals surface area (Å²) in [5, 5.41) is 12.7. The molecule has 0 unspecified atom stereocenters. The SMILES string of the molecule is N#C[C@H]1C2=C(CCCC2)S[C@@H]1NC(=O)c1cc2ccccc2oc1=O. The van der Waals surface area contributed by atoms with Crippen molar-refractivity contribution in [2.24, 2.45) is 5.92 Å². The Bertz CT molecular complexity index is 986. The van der Waals surface area contributed by atoms with Crippen LogP contribution in [0.4, 0.5) is 0 Å². The van der Waals surface area contributed by atoms with Gasteiger partial charge in [0.1, 0.15) is 11.1 Å². The van der Waals surface area contributed by atoms with E-state index in [2.05, 4.69) is 11.4 Å². The highest BCUT2D eigenvalue weighted by Gasteiger charge is 2.37. The maximum Gasteiger partial charge on any atom is 0.349 e. The summed E-state index contributed by atoms with van der Waals surface area (Å²) in [6, 6.07) is 10.9. The number of carbonyl (C=O) groups is 1. The van der Waals surface area contributed by atoms with Crippen molar-refractivity contribution >= 4 is 28.6 Å². The Kier molecular flexibility index (Phi) is 4.10. The van der Waals surface area contributed by atoms with Crippen LogP contribution >= 0.6 is 11.8 Å². The third-order valence-corrected chi connectivity index (χ3v) is 6.10. The second kappa shape index (κ2) is 6.41. The Morgan fingerprint density at radius 1 is 1.28 bits per heavy atom. The minimum Gasteiger partial charge on any atom is -0.422 e. The molecule has 25 heavy (non-hydrogen) atoms. The van der Waals surface area contributed by atoms with Crippen molar-refractivity contribution in [2.45, 2.75) is 31.1 Å². The second-order valence-corrected chi connectivity index (χ2v) is 7.50. The van der Waals surface area contributed by atoms with Gasteiger partial charge in [-0.25, -0.2) is 4.79 Å². The van der Waals surface area contributed by atoms with Gasteiger partial charge in [-0.2, -0.15) is 5.26 Å². The lowest BCUT2D eigenvalue weighted by Gasteiger charge is -2.17. The monoisotopic (exact) mass is 352 g/mol. The molecule has 0 radical (unpaired) electrons. The molecule has 0 spiro atoms. The van der Waals surface area contributed by atoms with Crippen molar-refractivity contribution in [3.05, 3.63) is 56.8 Å². The van der Waals surface area contributed by atoms with Gasteiger partial charge in [0.15, 0.2) is 0 Å². The number of rotatable bonds is 2. The maximum atomic E-state index is 12.6. The van der Waals surface area contributed by atoms with Gasteiger partial charge in [-0.1, -0.05) is 18.2 Å². The number of hydrogen-bond donors (Lipinski definition) is 1. The first kappa shape index (κ1) is 16.0. The quantitative estimate of drug-likeness (QED) is 0.836. The molecule has 1 aromatic carbocycles. The summed E-state index contributed by atoms with van der Waals surface area (Å²) in [6.45, 7) is 0. The summed E-state index contributed by atoms with van der Waals surface area (Å²) in [5.74, 6) is -0.811. The van der Waals surface area contributed by atoms with Crippen molar-refractivity contribution in [1.82, 2.24) is 5.32 Å². The van der Waals surface area contributed by atoms with Crippen LogP contribution < -0.4 is 10.9 Å². The fourth-order valence-electron chi connectivity index (χ4n) is 3.45. The number of thioether (sulfide) groups is 1. The van der Waals surface area contributed by atoms with E-state index >= 15 is 0 Å². The molecule has 1 N–H and O–H groups in total. The Hall–Kier alpha value is -2.52. The van der Waals surface area contributed by atoms with Gasteiger partial charge < -0.3 is 9.73 Å². The predicted molar refractivity (Wildman–Crippen MR) is 95.9 cm³/mol. The van der Waals surface area contributed by atoms with Crippen LogP contribution in [0.3, 0.4) is 0 Å². The molecule has 126 valence electrons. The summed E-state index contributed by atoms with van der Waals surface area (Å²) >= 11 is 1.55. The molecule has 1 aliphatic heterocycles. The Balaban J connectivity index is 1.60. The molecule has 0 bridgehead atoms. The van der Waals surface area contributed by atoms with E-state index in [9.17, 15) is 14.9 Å². The van der Waals surface area contributed by atoms with Gasteiger partial charge in [-0.15, -0.1) is 11.8 Å². The zero-order valence-electron chi connectivity index (χ0n) is 13.5. The molecule has 6 heteroatoms. The number of amides is 1. The zero-order chi connectivity index (χ0) is 17.4. The van der Waals surface area contributed by atoms with Crippen LogP contribution in [0.5, 0.6) is 0 Å². The molecule has 0 saturated carbocycles. The number of hydrogen-bond acceptors (Lipinski definition) is 5. The van der Waals surface area contributed by atoms with Crippen LogP contribution in [0, 0.1) is 17.2 Å². The van der Waals surface area contributed by atoms with Gasteiger partial charge in [0.05, 0.1) is 17.4 Å². The van der Waals surface area contributed by atoms with Crippen molar-refractivity contribution in [3.8, 4) is 6.07 Å². The molecular weight excluding hydrogens is 336 g/mol. The number of nitrogens with one attached hydrogen (secondary N) is 1. The largest absolute Gasteiger partial charge is 0.422 e. The Labute approximate surface area is 148 Å². The topological polar surface area (TPSA) is 83.1 Å². The fourth-order valence-corrected chi connectivity index (χ4v) is 4.93. The zero-order valence-corrected chi connectivity index (χ0v) is 14.3. The summed E-state index contributed by atoms with van der Waals surface area (Å²) in [6.07, 6.45) is 4.11. The molecular formula is C19H16N2O3S. The highest BCUT2D eigenvalue weighted by molar-refractivity contribution is 8.04. The number of benzene rings is 1. The van der Waals surface area contributed by atoms with E-state index in [4.69, 9.17) is 4.42 Å². The maximum absolute atomic E-state index is 12.6. The summed E-state index contributed by atoms with van der Waals surface area (Å²) in [7, 11) is 0. The molecule has 2 atom stereocenters. The molecule has 1 amide bonds. The first-order chi connectivity index (χ1) is 12.2. The van der Waals surface area contributed by atoms with Crippen LogP contribution in [-0.2, 0) is 0 Å². The minimum atomic E-state index is -0.662. The van der Waals surface area contributed by atoms with Gasteiger partial charge in [-0.05, 0) is 48.3 Å². The van der Waals surface area contributed by atoms with Gasteiger partial charge >= 0.3 is 5.63 Å². The summed E-state index contributed by atoms with van der Waals surface area (Å²) in [5.41, 5.74) is 0.923. The number of fused-ring (bicyclic) bond motifs is 1. The molecule has 1 aromatic heterocycles. The van der Waals surface area contributed by atoms with Crippen LogP contribution in [-0.4, -0.2) is 11.3 Å². The molecule has 5 nitrogen and oxygen atoms in total. The number of carbonyl (C=O) groups excluding carboxylic acids is 1. The molecule has 2 heterocycles. The number of allylic oxidation sites excluding steroid dienone is 1. The van der Waals surface area contributed by atoms with Gasteiger partial charge in [0, 0.05) is 5.39 Å². The molecule has 4 rings (SSSR count).